The Morgan fingerprint density at radius 1 is 1.27 bits per heavy atom. The van der Waals surface area contributed by atoms with E-state index in [1.165, 1.54) is 18.3 Å². The third-order valence-corrected chi connectivity index (χ3v) is 2.98. The van der Waals surface area contributed by atoms with Crippen molar-refractivity contribution in [2.45, 2.75) is 20.3 Å². The average molecular weight is 300 g/mol. The molecule has 2 N–H and O–H groups in total. The van der Waals surface area contributed by atoms with Gasteiger partial charge in [-0.3, -0.25) is 0 Å². The summed E-state index contributed by atoms with van der Waals surface area (Å²) in [6.45, 7) is 3.81. The van der Waals surface area contributed by atoms with Gasteiger partial charge in [0.15, 0.2) is 5.69 Å². The molecule has 2 rings (SSSR count). The summed E-state index contributed by atoms with van der Waals surface area (Å²) in [5, 5.41) is 12.1. The number of aromatic nitrogens is 1. The van der Waals surface area contributed by atoms with E-state index in [2.05, 4.69) is 10.3 Å². The molecule has 0 aliphatic rings. The van der Waals surface area contributed by atoms with Gasteiger partial charge < -0.3 is 10.4 Å². The van der Waals surface area contributed by atoms with Crippen LogP contribution in [0.4, 0.5) is 10.1 Å². The highest BCUT2D eigenvalue weighted by atomic mass is 19.1. The van der Waals surface area contributed by atoms with Crippen molar-refractivity contribution >= 4 is 11.7 Å². The van der Waals surface area contributed by atoms with E-state index in [1.54, 1.807) is 24.4 Å². The molecule has 1 aromatic heterocycles. The first-order valence-corrected chi connectivity index (χ1v) is 6.82. The predicted octanol–water partition coefficient (Wildman–Crippen LogP) is 3.85. The molecule has 0 spiro atoms. The molecule has 0 saturated carbocycles. The van der Waals surface area contributed by atoms with Crippen LogP contribution in [-0.2, 0) is 6.42 Å². The number of halogens is 1. The van der Waals surface area contributed by atoms with Gasteiger partial charge in [0, 0.05) is 6.20 Å². The quantitative estimate of drug-likeness (QED) is 0.880. The molecule has 0 atom stereocenters. The highest BCUT2D eigenvalue weighted by molar-refractivity contribution is 5.92. The van der Waals surface area contributed by atoms with Crippen LogP contribution in [0.1, 0.15) is 35.5 Å². The van der Waals surface area contributed by atoms with Crippen molar-refractivity contribution in [3.63, 3.8) is 0 Å². The minimum Gasteiger partial charge on any atom is -0.476 e. The van der Waals surface area contributed by atoms with E-state index in [1.807, 2.05) is 13.8 Å². The van der Waals surface area contributed by atoms with E-state index in [0.717, 1.165) is 16.7 Å². The maximum absolute atomic E-state index is 12.9. The number of hydrogen-bond acceptors (Lipinski definition) is 3. The third-order valence-electron chi connectivity index (χ3n) is 2.98. The molecule has 0 radical (unpaired) electrons. The smallest absolute Gasteiger partial charge is 0.356 e. The fourth-order valence-corrected chi connectivity index (χ4v) is 1.95. The summed E-state index contributed by atoms with van der Waals surface area (Å²) < 4.78 is 12.9. The lowest BCUT2D eigenvalue weighted by Crippen LogP contribution is -2.06. The number of carboxylic acid groups (broad SMARTS) is 1. The fourth-order valence-electron chi connectivity index (χ4n) is 1.95. The van der Waals surface area contributed by atoms with Crippen LogP contribution in [0.15, 0.2) is 48.3 Å². The zero-order valence-corrected chi connectivity index (χ0v) is 12.4. The molecular weight excluding hydrogens is 283 g/mol. The van der Waals surface area contributed by atoms with Crippen LogP contribution in [0.3, 0.4) is 0 Å². The van der Waals surface area contributed by atoms with Crippen LogP contribution in [0.5, 0.6) is 0 Å². The Morgan fingerprint density at radius 3 is 2.55 bits per heavy atom. The molecule has 0 bridgehead atoms. The van der Waals surface area contributed by atoms with Crippen LogP contribution in [0, 0.1) is 5.82 Å². The molecule has 4 nitrogen and oxygen atoms in total. The summed E-state index contributed by atoms with van der Waals surface area (Å²) in [4.78, 5) is 15.2. The average Bonchev–Trinajstić information content (AvgIpc) is 2.47. The van der Waals surface area contributed by atoms with Crippen molar-refractivity contribution < 1.29 is 14.3 Å². The standard InChI is InChI=1S/C17H17FN2O2/c1-11(2)9-19-15-8-13(10-20-16(15)17(21)22)7-12-3-5-14(18)6-4-12/h3-6,8-10,19H,7H2,1-2H3,(H,21,22). The van der Waals surface area contributed by atoms with Crippen molar-refractivity contribution in [2.75, 3.05) is 5.32 Å². The number of benzene rings is 1. The van der Waals surface area contributed by atoms with Crippen molar-refractivity contribution in [2.24, 2.45) is 0 Å². The SMILES string of the molecule is CC(C)=CNc1cc(Cc2ccc(F)cc2)cnc1C(=O)O. The van der Waals surface area contributed by atoms with Crippen LogP contribution in [0.25, 0.3) is 0 Å². The number of pyridine rings is 1. The summed E-state index contributed by atoms with van der Waals surface area (Å²) in [6.07, 6.45) is 3.81. The number of anilines is 1. The van der Waals surface area contributed by atoms with Crippen LogP contribution in [0.2, 0.25) is 0 Å². The van der Waals surface area contributed by atoms with Crippen molar-refractivity contribution in [3.8, 4) is 0 Å². The monoisotopic (exact) mass is 300 g/mol. The van der Waals surface area contributed by atoms with Gasteiger partial charge in [0.2, 0.25) is 0 Å². The molecule has 0 aliphatic heterocycles. The Labute approximate surface area is 128 Å². The number of aromatic carboxylic acids is 1. The fraction of sp³-hybridized carbons (Fsp3) is 0.176. The molecule has 22 heavy (non-hydrogen) atoms. The Morgan fingerprint density at radius 2 is 1.95 bits per heavy atom. The zero-order chi connectivity index (χ0) is 16.1. The second kappa shape index (κ2) is 6.85. The van der Waals surface area contributed by atoms with Gasteiger partial charge in [0.1, 0.15) is 5.82 Å². The van der Waals surface area contributed by atoms with Gasteiger partial charge in [0.25, 0.3) is 0 Å². The minimum absolute atomic E-state index is 0.0274. The summed E-state index contributed by atoms with van der Waals surface area (Å²) in [5.41, 5.74) is 3.20. The number of allylic oxidation sites excluding steroid dienone is 1. The Balaban J connectivity index is 2.29. The van der Waals surface area contributed by atoms with Crippen LogP contribution >= 0.6 is 0 Å². The first-order valence-electron chi connectivity index (χ1n) is 6.82. The first kappa shape index (κ1) is 15.7. The van der Waals surface area contributed by atoms with Crippen molar-refractivity contribution in [1.29, 1.82) is 0 Å². The van der Waals surface area contributed by atoms with Crippen molar-refractivity contribution in [1.82, 2.24) is 4.98 Å². The zero-order valence-electron chi connectivity index (χ0n) is 12.4. The van der Waals surface area contributed by atoms with E-state index in [0.29, 0.717) is 12.1 Å². The molecule has 0 saturated heterocycles. The van der Waals surface area contributed by atoms with Gasteiger partial charge in [-0.05, 0) is 55.8 Å². The highest BCUT2D eigenvalue weighted by Crippen LogP contribution is 2.18. The molecule has 114 valence electrons. The number of nitrogens with zero attached hydrogens (tertiary/aromatic N) is 1. The van der Waals surface area contributed by atoms with Gasteiger partial charge in [-0.15, -0.1) is 0 Å². The van der Waals surface area contributed by atoms with Gasteiger partial charge in [0.05, 0.1) is 5.69 Å². The Hall–Kier alpha value is -2.69. The van der Waals surface area contributed by atoms with Crippen molar-refractivity contribution in [3.05, 3.63) is 70.9 Å². The van der Waals surface area contributed by atoms with E-state index < -0.39 is 5.97 Å². The number of nitrogens with one attached hydrogen (secondary N) is 1. The summed E-state index contributed by atoms with van der Waals surface area (Å²) >= 11 is 0. The third kappa shape index (κ3) is 4.15. The molecule has 0 unspecified atom stereocenters. The largest absolute Gasteiger partial charge is 0.476 e. The van der Waals surface area contributed by atoms with E-state index >= 15 is 0 Å². The lowest BCUT2D eigenvalue weighted by molar-refractivity contribution is 0.0691. The van der Waals surface area contributed by atoms with E-state index in [4.69, 9.17) is 0 Å². The molecule has 0 fully saturated rings. The second-order valence-corrected chi connectivity index (χ2v) is 5.21. The van der Waals surface area contributed by atoms with Gasteiger partial charge in [-0.1, -0.05) is 17.7 Å². The van der Waals surface area contributed by atoms with Gasteiger partial charge in [-0.2, -0.15) is 0 Å². The Kier molecular flexibility index (Phi) is 4.88. The lowest BCUT2D eigenvalue weighted by atomic mass is 10.1. The second-order valence-electron chi connectivity index (χ2n) is 5.21. The summed E-state index contributed by atoms with van der Waals surface area (Å²) in [5.74, 6) is -1.37. The number of hydrogen-bond donors (Lipinski definition) is 2. The molecule has 1 heterocycles. The van der Waals surface area contributed by atoms with E-state index in [-0.39, 0.29) is 11.5 Å². The highest BCUT2D eigenvalue weighted by Gasteiger charge is 2.12. The van der Waals surface area contributed by atoms with Crippen LogP contribution < -0.4 is 5.32 Å². The van der Waals surface area contributed by atoms with Crippen LogP contribution in [-0.4, -0.2) is 16.1 Å². The normalized spacial score (nSPS) is 10.1. The maximum Gasteiger partial charge on any atom is 0.356 e. The first-order chi connectivity index (χ1) is 10.5. The maximum atomic E-state index is 12.9. The summed E-state index contributed by atoms with van der Waals surface area (Å²) in [7, 11) is 0. The predicted molar refractivity (Wildman–Crippen MR) is 83.5 cm³/mol. The molecule has 0 aliphatic carbocycles. The molecule has 2 aromatic rings. The number of carbonyl (C=O) groups is 1. The summed E-state index contributed by atoms with van der Waals surface area (Å²) in [6, 6.07) is 7.94. The lowest BCUT2D eigenvalue weighted by Gasteiger charge is -2.09. The molecule has 1 aromatic carbocycles. The molecule has 0 amide bonds. The molecular formula is C17H17FN2O2. The van der Waals surface area contributed by atoms with Gasteiger partial charge in [-0.25, -0.2) is 14.2 Å². The molecule has 5 heteroatoms. The minimum atomic E-state index is -1.09. The Bertz CT molecular complexity index is 705. The van der Waals surface area contributed by atoms with E-state index in [9.17, 15) is 14.3 Å². The number of rotatable bonds is 5. The number of carboxylic acids is 1. The topological polar surface area (TPSA) is 62.2 Å². The van der Waals surface area contributed by atoms with Gasteiger partial charge >= 0.3 is 5.97 Å².